The average Bonchev–Trinajstić information content (AvgIpc) is 3.46. The highest BCUT2D eigenvalue weighted by Crippen LogP contribution is 2.45. The maximum atomic E-state index is 15.4. The molecule has 2 aliphatic rings. The number of benzene rings is 1. The lowest BCUT2D eigenvalue weighted by Gasteiger charge is -2.26. The van der Waals surface area contributed by atoms with Crippen molar-refractivity contribution in [3.8, 4) is 11.5 Å². The Kier molecular flexibility index (Phi) is 5.79. The highest BCUT2D eigenvalue weighted by Gasteiger charge is 2.34. The summed E-state index contributed by atoms with van der Waals surface area (Å²) in [5.41, 5.74) is 0.193. The number of hydrogen-bond donors (Lipinski definition) is 2. The van der Waals surface area contributed by atoms with Crippen molar-refractivity contribution in [3.05, 3.63) is 28.3 Å². The maximum absolute atomic E-state index is 15.4. The number of halogens is 1. The molecule has 0 bridgehead atoms. The topological polar surface area (TPSA) is 93.0 Å². The molecule has 1 saturated heterocycles. The van der Waals surface area contributed by atoms with Gasteiger partial charge in [0.1, 0.15) is 5.69 Å². The van der Waals surface area contributed by atoms with Crippen LogP contribution in [-0.4, -0.2) is 48.6 Å². The molecule has 1 aromatic carbocycles. The van der Waals surface area contributed by atoms with Crippen molar-refractivity contribution in [2.45, 2.75) is 45.2 Å². The number of aromatic nitrogens is 1. The molecular formula is C22H28FN3O5. The molecule has 8 nitrogen and oxygen atoms in total. The van der Waals surface area contributed by atoms with Crippen LogP contribution >= 0.6 is 0 Å². The van der Waals surface area contributed by atoms with Crippen molar-refractivity contribution in [2.75, 3.05) is 31.6 Å². The summed E-state index contributed by atoms with van der Waals surface area (Å²) in [6.45, 7) is 5.61. The molecule has 2 N–H and O–H groups in total. The van der Waals surface area contributed by atoms with E-state index >= 15 is 4.39 Å². The normalized spacial score (nSPS) is 19.6. The predicted octanol–water partition coefficient (Wildman–Crippen LogP) is 3.37. The SMILES string of the molecule is CCOc1c(N2CC[C@@H]([C@H](C)NC)C2)c(F)cc2c(=O)c(OC(=O)O)cn(C3CC3)c12. The summed E-state index contributed by atoms with van der Waals surface area (Å²) in [4.78, 5) is 26.0. The van der Waals surface area contributed by atoms with Crippen LogP contribution in [0.15, 0.2) is 17.1 Å². The van der Waals surface area contributed by atoms with Gasteiger partial charge >= 0.3 is 6.16 Å². The van der Waals surface area contributed by atoms with E-state index in [1.54, 1.807) is 0 Å². The monoisotopic (exact) mass is 433 g/mol. The lowest BCUT2D eigenvalue weighted by molar-refractivity contribution is 0.143. The molecule has 1 saturated carbocycles. The summed E-state index contributed by atoms with van der Waals surface area (Å²) < 4.78 is 27.9. The van der Waals surface area contributed by atoms with E-state index < -0.39 is 17.4 Å². The summed E-state index contributed by atoms with van der Waals surface area (Å²) >= 11 is 0. The first kappa shape index (κ1) is 21.4. The minimum Gasteiger partial charge on any atom is -0.489 e. The average molecular weight is 433 g/mol. The molecule has 2 aromatic rings. The van der Waals surface area contributed by atoms with E-state index in [0.717, 1.165) is 19.3 Å². The lowest BCUT2D eigenvalue weighted by Crippen LogP contribution is -2.33. The Bertz CT molecular complexity index is 1070. The minimum atomic E-state index is -1.58. The molecule has 9 heteroatoms. The van der Waals surface area contributed by atoms with Crippen LogP contribution in [-0.2, 0) is 0 Å². The number of carbonyl (C=O) groups is 1. The van der Waals surface area contributed by atoms with Gasteiger partial charge in [0, 0.05) is 25.2 Å². The fraction of sp³-hybridized carbons (Fsp3) is 0.545. The van der Waals surface area contributed by atoms with Crippen molar-refractivity contribution in [1.29, 1.82) is 0 Å². The molecule has 1 aliphatic carbocycles. The first-order chi connectivity index (χ1) is 14.8. The summed E-state index contributed by atoms with van der Waals surface area (Å²) in [7, 11) is 1.92. The van der Waals surface area contributed by atoms with Gasteiger partial charge in [0.25, 0.3) is 0 Å². The van der Waals surface area contributed by atoms with Gasteiger partial charge in [0.15, 0.2) is 17.3 Å². The van der Waals surface area contributed by atoms with Gasteiger partial charge in [-0.05, 0) is 52.1 Å². The van der Waals surface area contributed by atoms with E-state index in [-0.39, 0.29) is 17.2 Å². The van der Waals surface area contributed by atoms with Crippen molar-refractivity contribution in [3.63, 3.8) is 0 Å². The molecule has 168 valence electrons. The molecule has 0 amide bonds. The molecular weight excluding hydrogens is 405 g/mol. The number of nitrogens with one attached hydrogen (secondary N) is 1. The van der Waals surface area contributed by atoms with Crippen molar-refractivity contribution in [2.24, 2.45) is 5.92 Å². The van der Waals surface area contributed by atoms with Crippen LogP contribution in [0.4, 0.5) is 14.9 Å². The number of carboxylic acid groups (broad SMARTS) is 1. The Balaban J connectivity index is 1.91. The van der Waals surface area contributed by atoms with E-state index in [4.69, 9.17) is 14.6 Å². The molecule has 2 atom stereocenters. The van der Waals surface area contributed by atoms with Crippen LogP contribution < -0.4 is 25.1 Å². The molecule has 2 fully saturated rings. The van der Waals surface area contributed by atoms with E-state index in [9.17, 15) is 9.59 Å². The van der Waals surface area contributed by atoms with Gasteiger partial charge in [-0.15, -0.1) is 0 Å². The number of fused-ring (bicyclic) bond motifs is 1. The lowest BCUT2D eigenvalue weighted by atomic mass is 10.0. The third-order valence-corrected chi connectivity index (χ3v) is 6.30. The predicted molar refractivity (Wildman–Crippen MR) is 115 cm³/mol. The van der Waals surface area contributed by atoms with Gasteiger partial charge in [0.2, 0.25) is 5.43 Å². The minimum absolute atomic E-state index is 0.0645. The summed E-state index contributed by atoms with van der Waals surface area (Å²) in [6.07, 6.45) is 2.52. The van der Waals surface area contributed by atoms with E-state index in [2.05, 4.69) is 12.2 Å². The second-order valence-corrected chi connectivity index (χ2v) is 8.27. The molecule has 31 heavy (non-hydrogen) atoms. The van der Waals surface area contributed by atoms with E-state index in [1.165, 1.54) is 12.3 Å². The fourth-order valence-corrected chi connectivity index (χ4v) is 4.44. The molecule has 2 heterocycles. The van der Waals surface area contributed by atoms with Gasteiger partial charge in [0.05, 0.1) is 23.7 Å². The van der Waals surface area contributed by atoms with Gasteiger partial charge < -0.3 is 29.4 Å². The van der Waals surface area contributed by atoms with Crippen molar-refractivity contribution in [1.82, 2.24) is 9.88 Å². The third kappa shape index (κ3) is 3.94. The number of pyridine rings is 1. The second-order valence-electron chi connectivity index (χ2n) is 8.27. The number of hydrogen-bond acceptors (Lipinski definition) is 6. The zero-order valence-electron chi connectivity index (χ0n) is 18.0. The third-order valence-electron chi connectivity index (χ3n) is 6.30. The quantitative estimate of drug-likeness (QED) is 0.647. The van der Waals surface area contributed by atoms with Crippen LogP contribution in [0.1, 0.15) is 39.2 Å². The highest BCUT2D eigenvalue weighted by molar-refractivity contribution is 5.92. The Morgan fingerprint density at radius 3 is 2.74 bits per heavy atom. The molecule has 0 unspecified atom stereocenters. The standard InChI is InChI=1S/C22H28FN3O5/c1-4-30-21-18-15(20(27)17(31-22(28)29)11-26(18)14-5-6-14)9-16(23)19(21)25-8-7-13(10-25)12(2)24-3/h9,11-14,24H,4-8,10H2,1-3H3,(H,28,29)/t12-,13+/m0/s1. The van der Waals surface area contributed by atoms with Crippen LogP contribution in [0.5, 0.6) is 11.5 Å². The molecule has 0 spiro atoms. The molecule has 4 rings (SSSR count). The number of nitrogens with zero attached hydrogens (tertiary/aromatic N) is 2. The van der Waals surface area contributed by atoms with Gasteiger partial charge in [-0.2, -0.15) is 0 Å². The zero-order chi connectivity index (χ0) is 22.3. The van der Waals surface area contributed by atoms with Crippen LogP contribution in [0.25, 0.3) is 10.9 Å². The van der Waals surface area contributed by atoms with E-state index in [1.807, 2.05) is 23.4 Å². The Hall–Kier alpha value is -2.81. The van der Waals surface area contributed by atoms with Crippen molar-refractivity contribution >= 4 is 22.7 Å². The van der Waals surface area contributed by atoms with Crippen LogP contribution in [0, 0.1) is 11.7 Å². The van der Waals surface area contributed by atoms with E-state index in [0.29, 0.717) is 48.6 Å². The summed E-state index contributed by atoms with van der Waals surface area (Å²) in [6, 6.07) is 1.58. The second kappa shape index (κ2) is 8.37. The number of anilines is 1. The Labute approximate surface area is 179 Å². The Morgan fingerprint density at radius 1 is 1.39 bits per heavy atom. The zero-order valence-corrected chi connectivity index (χ0v) is 18.0. The largest absolute Gasteiger partial charge is 0.511 e. The highest BCUT2D eigenvalue weighted by atomic mass is 19.1. The fourth-order valence-electron chi connectivity index (χ4n) is 4.44. The van der Waals surface area contributed by atoms with Gasteiger partial charge in [-0.25, -0.2) is 9.18 Å². The molecule has 1 aliphatic heterocycles. The first-order valence-electron chi connectivity index (χ1n) is 10.7. The number of rotatable bonds is 7. The molecule has 1 aromatic heterocycles. The smallest absolute Gasteiger partial charge is 0.489 e. The number of ether oxygens (including phenoxy) is 2. The summed E-state index contributed by atoms with van der Waals surface area (Å²) in [5.74, 6) is -0.182. The maximum Gasteiger partial charge on any atom is 0.511 e. The first-order valence-corrected chi connectivity index (χ1v) is 10.7. The van der Waals surface area contributed by atoms with Gasteiger partial charge in [-0.1, -0.05) is 0 Å². The van der Waals surface area contributed by atoms with Crippen molar-refractivity contribution < 1.29 is 23.8 Å². The summed E-state index contributed by atoms with van der Waals surface area (Å²) in [5, 5.41) is 12.3. The van der Waals surface area contributed by atoms with Crippen LogP contribution in [0.2, 0.25) is 0 Å². The molecule has 0 radical (unpaired) electrons. The van der Waals surface area contributed by atoms with Gasteiger partial charge in [-0.3, -0.25) is 4.79 Å². The van der Waals surface area contributed by atoms with Crippen LogP contribution in [0.3, 0.4) is 0 Å². The Morgan fingerprint density at radius 2 is 2.13 bits per heavy atom.